The van der Waals surface area contributed by atoms with Gasteiger partial charge in [-0.15, -0.1) is 0 Å². The Morgan fingerprint density at radius 3 is 1.35 bits per heavy atom. The van der Waals surface area contributed by atoms with Gasteiger partial charge in [-0.1, -0.05) is 97.1 Å². The Balaban J connectivity index is 2.06. The normalized spacial score (nSPS) is 16.5. The number of hydrogen-bond donors (Lipinski definition) is 0. The van der Waals surface area contributed by atoms with Crippen molar-refractivity contribution in [2.24, 2.45) is 0 Å². The molecule has 0 spiro atoms. The smallest absolute Gasteiger partial charge is 0.0808 e. The van der Waals surface area contributed by atoms with Crippen molar-refractivity contribution in [2.75, 3.05) is 0 Å². The maximum Gasteiger partial charge on any atom is 0.178 e. The van der Waals surface area contributed by atoms with Crippen LogP contribution in [0.2, 0.25) is 0 Å². The molecule has 23 heavy (non-hydrogen) atoms. The average Bonchev–Trinajstić information content (AvgIpc) is 3.32. The van der Waals surface area contributed by atoms with Crippen LogP contribution in [0.3, 0.4) is 0 Å². The fraction of sp³-hybridized carbons (Fsp3) is 0.0909. The lowest BCUT2D eigenvalue weighted by molar-refractivity contribution is 1.44. The second kappa shape index (κ2) is 6.02. The Hall–Kier alpha value is -2.38. The Morgan fingerprint density at radius 1 is 0.565 bits per heavy atom. The van der Waals surface area contributed by atoms with E-state index < -0.39 is 8.07 Å². The highest BCUT2D eigenvalue weighted by molar-refractivity contribution is 7.13. The van der Waals surface area contributed by atoms with Crippen LogP contribution in [-0.4, -0.2) is 8.07 Å². The fourth-order valence-corrected chi connectivity index (χ4v) is 8.82. The molecule has 0 saturated carbocycles. The minimum Gasteiger partial charge on any atom is -0.0808 e. The lowest BCUT2D eigenvalue weighted by atomic mass is 10.4. The minimum absolute atomic E-state index is 1.06. The summed E-state index contributed by atoms with van der Waals surface area (Å²) in [6.45, 7) is 0. The molecule has 0 heterocycles. The topological polar surface area (TPSA) is 0 Å². The van der Waals surface area contributed by atoms with Crippen molar-refractivity contribution in [2.45, 2.75) is 12.8 Å². The quantitative estimate of drug-likeness (QED) is 0.746. The molecule has 0 fully saturated rings. The highest BCUT2D eigenvalue weighted by atomic mass is 28.3. The van der Waals surface area contributed by atoms with E-state index >= 15 is 0 Å². The zero-order valence-corrected chi connectivity index (χ0v) is 14.2. The first-order valence-electron chi connectivity index (χ1n) is 8.28. The Labute approximate surface area is 139 Å². The van der Waals surface area contributed by atoms with Crippen molar-refractivity contribution in [3.05, 3.63) is 108 Å². The predicted molar refractivity (Wildman–Crippen MR) is 102 cm³/mol. The largest absolute Gasteiger partial charge is 0.178 e. The van der Waals surface area contributed by atoms with Crippen molar-refractivity contribution >= 4 is 18.4 Å². The van der Waals surface area contributed by atoms with Crippen molar-refractivity contribution < 1.29 is 0 Å². The highest BCUT2D eigenvalue weighted by Gasteiger charge is 2.43. The monoisotopic (exact) mass is 312 g/mol. The van der Waals surface area contributed by atoms with Gasteiger partial charge in [0, 0.05) is 0 Å². The number of allylic oxidation sites excluding steroid dienone is 8. The molecule has 0 aromatic heterocycles. The molecule has 0 radical (unpaired) electrons. The van der Waals surface area contributed by atoms with Crippen LogP contribution in [0, 0.1) is 0 Å². The SMILES string of the molecule is C1=CC([Si](C2=CCC=C2)(c2ccccc2)c2ccccc2)=CC1. The first kappa shape index (κ1) is 14.2. The van der Waals surface area contributed by atoms with Gasteiger partial charge < -0.3 is 0 Å². The van der Waals surface area contributed by atoms with Crippen LogP contribution in [0.25, 0.3) is 0 Å². The molecule has 2 aromatic rings. The molecule has 0 saturated heterocycles. The van der Waals surface area contributed by atoms with E-state index in [2.05, 4.69) is 97.1 Å². The van der Waals surface area contributed by atoms with Crippen molar-refractivity contribution in [1.82, 2.24) is 0 Å². The van der Waals surface area contributed by atoms with Gasteiger partial charge in [-0.25, -0.2) is 0 Å². The second-order valence-corrected chi connectivity index (χ2v) is 9.89. The van der Waals surface area contributed by atoms with E-state index in [0.29, 0.717) is 0 Å². The molecule has 0 aliphatic heterocycles. The maximum atomic E-state index is 2.43. The molecule has 2 aliphatic rings. The standard InChI is InChI=1S/C22H20Si/c1-3-11-19(12-4-1)23(21-15-7-8-16-21,22-17-9-10-18-22)20-13-5-2-6-14-20/h1-7,9,11-18H,8,10H2. The molecule has 2 aliphatic carbocycles. The number of benzene rings is 2. The van der Waals surface area contributed by atoms with Gasteiger partial charge in [0.2, 0.25) is 0 Å². The lowest BCUT2D eigenvalue weighted by Crippen LogP contribution is -2.61. The average molecular weight is 312 g/mol. The van der Waals surface area contributed by atoms with E-state index in [1.54, 1.807) is 0 Å². The van der Waals surface area contributed by atoms with Crippen LogP contribution in [0.15, 0.2) is 108 Å². The summed E-state index contributed by atoms with van der Waals surface area (Å²) in [5.41, 5.74) is 0. The summed E-state index contributed by atoms with van der Waals surface area (Å²) < 4.78 is 0. The van der Waals surface area contributed by atoms with Crippen molar-refractivity contribution in [1.29, 1.82) is 0 Å². The summed E-state index contributed by atoms with van der Waals surface area (Å²) in [5.74, 6) is 0. The summed E-state index contributed by atoms with van der Waals surface area (Å²) in [4.78, 5) is 0. The fourth-order valence-electron chi connectivity index (χ4n) is 3.85. The van der Waals surface area contributed by atoms with Crippen LogP contribution in [0.1, 0.15) is 12.8 Å². The zero-order chi connectivity index (χ0) is 15.5. The molecule has 4 rings (SSSR count). The number of hydrogen-bond acceptors (Lipinski definition) is 0. The van der Waals surface area contributed by atoms with Gasteiger partial charge in [0.05, 0.1) is 0 Å². The number of rotatable bonds is 4. The molecule has 0 amide bonds. The van der Waals surface area contributed by atoms with E-state index in [0.717, 1.165) is 12.8 Å². The molecular formula is C22H20Si. The zero-order valence-electron chi connectivity index (χ0n) is 13.2. The van der Waals surface area contributed by atoms with Gasteiger partial charge >= 0.3 is 0 Å². The van der Waals surface area contributed by atoms with E-state index in [1.165, 1.54) is 20.8 Å². The summed E-state index contributed by atoms with van der Waals surface area (Å²) in [6, 6.07) is 22.2. The van der Waals surface area contributed by atoms with Gasteiger partial charge in [-0.2, -0.15) is 0 Å². The first-order chi connectivity index (χ1) is 11.4. The predicted octanol–water partition coefficient (Wildman–Crippen LogP) is 4.10. The van der Waals surface area contributed by atoms with Gasteiger partial charge in [0.15, 0.2) is 8.07 Å². The van der Waals surface area contributed by atoms with Crippen LogP contribution in [0.5, 0.6) is 0 Å². The summed E-state index contributed by atoms with van der Waals surface area (Å²) in [7, 11) is -2.13. The lowest BCUT2D eigenvalue weighted by Gasteiger charge is -2.34. The first-order valence-corrected chi connectivity index (χ1v) is 10.3. The molecular weight excluding hydrogens is 292 g/mol. The van der Waals surface area contributed by atoms with Gasteiger partial charge in [0.1, 0.15) is 0 Å². The summed E-state index contributed by atoms with van der Waals surface area (Å²) in [5, 5.41) is 5.99. The van der Waals surface area contributed by atoms with Gasteiger partial charge in [-0.3, -0.25) is 0 Å². The van der Waals surface area contributed by atoms with Crippen molar-refractivity contribution in [3.63, 3.8) is 0 Å². The molecule has 0 N–H and O–H groups in total. The molecule has 0 nitrogen and oxygen atoms in total. The van der Waals surface area contributed by atoms with Crippen molar-refractivity contribution in [3.8, 4) is 0 Å². The third-order valence-electron chi connectivity index (χ3n) is 4.82. The van der Waals surface area contributed by atoms with Crippen LogP contribution in [0.4, 0.5) is 0 Å². The molecule has 2 aromatic carbocycles. The molecule has 112 valence electrons. The minimum atomic E-state index is -2.13. The summed E-state index contributed by atoms with van der Waals surface area (Å²) >= 11 is 0. The van der Waals surface area contributed by atoms with E-state index in [4.69, 9.17) is 0 Å². The second-order valence-electron chi connectivity index (χ2n) is 6.08. The third kappa shape index (κ3) is 2.29. The molecule has 0 unspecified atom stereocenters. The molecule has 0 atom stereocenters. The third-order valence-corrected chi connectivity index (χ3v) is 9.69. The molecule has 1 heteroatoms. The Morgan fingerprint density at radius 2 is 1.00 bits per heavy atom. The van der Waals surface area contributed by atoms with Gasteiger partial charge in [-0.05, 0) is 33.6 Å². The van der Waals surface area contributed by atoms with E-state index in [-0.39, 0.29) is 0 Å². The van der Waals surface area contributed by atoms with Crippen LogP contribution < -0.4 is 10.4 Å². The van der Waals surface area contributed by atoms with E-state index in [9.17, 15) is 0 Å². The van der Waals surface area contributed by atoms with Crippen LogP contribution >= 0.6 is 0 Å². The van der Waals surface area contributed by atoms with Crippen LogP contribution in [-0.2, 0) is 0 Å². The van der Waals surface area contributed by atoms with E-state index in [1.807, 2.05) is 0 Å². The Bertz CT molecular complexity index is 736. The Kier molecular flexibility index (Phi) is 3.72. The molecule has 0 bridgehead atoms. The highest BCUT2D eigenvalue weighted by Crippen LogP contribution is 2.31. The summed E-state index contributed by atoms with van der Waals surface area (Å²) in [6.07, 6.45) is 16.3. The van der Waals surface area contributed by atoms with Gasteiger partial charge in [0.25, 0.3) is 0 Å². The maximum absolute atomic E-state index is 2.43.